The van der Waals surface area contributed by atoms with Crippen molar-refractivity contribution in [2.24, 2.45) is 0 Å². The second-order valence-electron chi connectivity index (χ2n) is 6.72. The minimum atomic E-state index is -8.78. The number of halogens is 17. The number of rotatable bonds is 9. The predicted molar refractivity (Wildman–Crippen MR) is 79.7 cm³/mol. The Morgan fingerprint density at radius 3 is 1.33 bits per heavy atom. The molecule has 0 atom stereocenters. The van der Waals surface area contributed by atoms with Crippen LogP contribution in [0, 0.1) is 0 Å². The van der Waals surface area contributed by atoms with Gasteiger partial charge in [0.25, 0.3) is 0 Å². The Hall–Kier alpha value is -2.70. The number of phenols is 1. The Morgan fingerprint density at radius 2 is 1.00 bits per heavy atom. The highest BCUT2D eigenvalue weighted by Crippen LogP contribution is 2.66. The predicted octanol–water partition coefficient (Wildman–Crippen LogP) is 6.68. The summed E-state index contributed by atoms with van der Waals surface area (Å²) < 4.78 is 232. The van der Waals surface area contributed by atoms with Crippen molar-refractivity contribution in [3.05, 3.63) is 23.3 Å². The van der Waals surface area contributed by atoms with Crippen LogP contribution < -0.4 is 4.74 Å². The summed E-state index contributed by atoms with van der Waals surface area (Å²) in [6, 6.07) is 0.366. The van der Waals surface area contributed by atoms with Gasteiger partial charge in [-0.15, -0.1) is 0 Å². The Labute approximate surface area is 186 Å². The zero-order valence-electron chi connectivity index (χ0n) is 16.4. The maximum absolute atomic E-state index is 14.4. The number of hydrogen-bond acceptors (Lipinski definition) is 3. The van der Waals surface area contributed by atoms with Crippen molar-refractivity contribution in [1.29, 1.82) is 0 Å². The van der Waals surface area contributed by atoms with Gasteiger partial charge in [-0.2, -0.15) is 74.6 Å². The second-order valence-corrected chi connectivity index (χ2v) is 6.72. The van der Waals surface area contributed by atoms with Crippen LogP contribution in [0.4, 0.5) is 74.6 Å². The van der Waals surface area contributed by atoms with Crippen molar-refractivity contribution in [2.45, 2.75) is 47.6 Å². The van der Waals surface area contributed by atoms with Crippen molar-refractivity contribution < 1.29 is 89.3 Å². The lowest BCUT2D eigenvalue weighted by Gasteiger charge is -2.43. The van der Waals surface area contributed by atoms with E-state index in [-0.39, 0.29) is 6.07 Å². The Kier molecular flexibility index (Phi) is 7.33. The molecule has 20 heteroatoms. The number of aromatic hydroxyl groups is 1. The summed E-state index contributed by atoms with van der Waals surface area (Å²) in [5, 5.41) is 9.50. The maximum Gasteiger partial charge on any atom is 0.460 e. The lowest BCUT2D eigenvalue weighted by atomic mass is 9.86. The van der Waals surface area contributed by atoms with Crippen LogP contribution in [-0.4, -0.2) is 60.2 Å². The molecule has 0 aliphatic rings. The molecule has 1 rings (SSSR count). The molecule has 0 amide bonds. The van der Waals surface area contributed by atoms with Crippen molar-refractivity contribution >= 4 is 6.29 Å². The van der Waals surface area contributed by atoms with Gasteiger partial charge in [0, 0.05) is 0 Å². The van der Waals surface area contributed by atoms with Gasteiger partial charge in [-0.1, -0.05) is 0 Å². The standard InChI is InChI=1S/C16H7F17O3/c1-36-6-3-2-5(4-34)8(35)7(6)9(17,18)10(19,20)11(21,22)12(23,24)13(25,26)14(27,28)15(29,30)16(31,32)33/h2-4,35H,1H3. The van der Waals surface area contributed by atoms with Gasteiger partial charge >= 0.3 is 47.6 Å². The zero-order valence-corrected chi connectivity index (χ0v) is 16.4. The van der Waals surface area contributed by atoms with Crippen molar-refractivity contribution in [3.8, 4) is 11.5 Å². The van der Waals surface area contributed by atoms with E-state index in [9.17, 15) is 84.5 Å². The molecule has 0 fully saturated rings. The quantitative estimate of drug-likeness (QED) is 0.266. The van der Waals surface area contributed by atoms with Gasteiger partial charge in [0.2, 0.25) is 0 Å². The number of aldehydes is 1. The van der Waals surface area contributed by atoms with E-state index in [1.165, 1.54) is 0 Å². The topological polar surface area (TPSA) is 46.5 Å². The first-order chi connectivity index (χ1) is 15.7. The van der Waals surface area contributed by atoms with Gasteiger partial charge in [0.1, 0.15) is 17.1 Å². The molecule has 0 bridgehead atoms. The summed E-state index contributed by atoms with van der Waals surface area (Å²) in [7, 11) is 0.299. The van der Waals surface area contributed by atoms with Crippen molar-refractivity contribution in [3.63, 3.8) is 0 Å². The summed E-state index contributed by atoms with van der Waals surface area (Å²) in [5.74, 6) is -62.4. The van der Waals surface area contributed by atoms with Crippen LogP contribution in [0.5, 0.6) is 11.5 Å². The maximum atomic E-state index is 14.4. The molecule has 208 valence electrons. The smallest absolute Gasteiger partial charge is 0.460 e. The summed E-state index contributed by atoms with van der Waals surface area (Å²) in [5.41, 5.74) is -4.41. The normalized spacial score (nSPS) is 15.2. The lowest BCUT2D eigenvalue weighted by molar-refractivity contribution is -0.462. The summed E-state index contributed by atoms with van der Waals surface area (Å²) in [4.78, 5) is 10.7. The average Bonchev–Trinajstić information content (AvgIpc) is 2.71. The highest BCUT2D eigenvalue weighted by Gasteiger charge is 2.95. The van der Waals surface area contributed by atoms with E-state index >= 15 is 0 Å². The molecule has 0 unspecified atom stereocenters. The summed E-state index contributed by atoms with van der Waals surface area (Å²) in [6.45, 7) is 0. The highest BCUT2D eigenvalue weighted by molar-refractivity contribution is 5.81. The Bertz CT molecular complexity index is 996. The number of carbonyl (C=O) groups is 1. The molecule has 0 aliphatic heterocycles. The van der Waals surface area contributed by atoms with E-state index in [2.05, 4.69) is 4.74 Å². The van der Waals surface area contributed by atoms with E-state index in [4.69, 9.17) is 0 Å². The van der Waals surface area contributed by atoms with Gasteiger partial charge < -0.3 is 9.84 Å². The molecule has 1 N–H and O–H groups in total. The number of phenolic OH excluding ortho intramolecular Hbond substituents is 1. The minimum Gasteiger partial charge on any atom is -0.507 e. The van der Waals surface area contributed by atoms with Crippen LogP contribution in [0.15, 0.2) is 12.1 Å². The average molecular weight is 570 g/mol. The summed E-state index contributed by atoms with van der Waals surface area (Å²) >= 11 is 0. The fraction of sp³-hybridized carbons (Fsp3) is 0.562. The Balaban J connectivity index is 3.93. The molecular formula is C16H7F17O3. The largest absolute Gasteiger partial charge is 0.507 e. The van der Waals surface area contributed by atoms with Crippen LogP contribution in [0.1, 0.15) is 15.9 Å². The van der Waals surface area contributed by atoms with Crippen LogP contribution in [0.2, 0.25) is 0 Å². The molecule has 0 heterocycles. The number of carbonyl (C=O) groups excluding carboxylic acids is 1. The lowest BCUT2D eigenvalue weighted by Crippen LogP contribution is -2.74. The molecule has 0 saturated heterocycles. The third-order valence-electron chi connectivity index (χ3n) is 4.55. The van der Waals surface area contributed by atoms with E-state index < -0.39 is 76.5 Å². The fourth-order valence-corrected chi connectivity index (χ4v) is 2.48. The first-order valence-electron chi connectivity index (χ1n) is 8.23. The number of hydrogen-bond donors (Lipinski definition) is 1. The number of benzene rings is 1. The fourth-order valence-electron chi connectivity index (χ4n) is 2.48. The van der Waals surface area contributed by atoms with Crippen molar-refractivity contribution in [2.75, 3.05) is 7.11 Å². The molecule has 36 heavy (non-hydrogen) atoms. The first kappa shape index (κ1) is 31.3. The van der Waals surface area contributed by atoms with Crippen LogP contribution in [0.3, 0.4) is 0 Å². The van der Waals surface area contributed by atoms with Crippen LogP contribution in [0.25, 0.3) is 0 Å². The van der Waals surface area contributed by atoms with Gasteiger partial charge in [-0.05, 0) is 12.1 Å². The molecule has 0 aliphatic carbocycles. The number of alkyl halides is 17. The monoisotopic (exact) mass is 570 g/mol. The van der Waals surface area contributed by atoms with Gasteiger partial charge in [-0.3, -0.25) is 4.79 Å². The third-order valence-corrected chi connectivity index (χ3v) is 4.55. The number of ether oxygens (including phenoxy) is 1. The van der Waals surface area contributed by atoms with Crippen LogP contribution >= 0.6 is 0 Å². The van der Waals surface area contributed by atoms with Gasteiger partial charge in [0.15, 0.2) is 6.29 Å². The molecule has 0 saturated carbocycles. The van der Waals surface area contributed by atoms with Gasteiger partial charge in [0.05, 0.1) is 12.7 Å². The van der Waals surface area contributed by atoms with E-state index in [1.54, 1.807) is 0 Å². The Morgan fingerprint density at radius 1 is 0.639 bits per heavy atom. The van der Waals surface area contributed by atoms with Crippen molar-refractivity contribution in [1.82, 2.24) is 0 Å². The molecule has 0 radical (unpaired) electrons. The highest BCUT2D eigenvalue weighted by atomic mass is 19.4. The molecule has 0 aromatic heterocycles. The number of methoxy groups -OCH3 is 1. The summed E-state index contributed by atoms with van der Waals surface area (Å²) in [6.07, 6.45) is -8.46. The van der Waals surface area contributed by atoms with E-state index in [0.717, 1.165) is 0 Å². The molecule has 1 aromatic rings. The van der Waals surface area contributed by atoms with Gasteiger partial charge in [-0.25, -0.2) is 0 Å². The van der Waals surface area contributed by atoms with E-state index in [1.807, 2.05) is 0 Å². The first-order valence-corrected chi connectivity index (χ1v) is 8.23. The van der Waals surface area contributed by atoms with E-state index in [0.29, 0.717) is 13.2 Å². The van der Waals surface area contributed by atoms with Crippen LogP contribution in [-0.2, 0) is 5.92 Å². The minimum absolute atomic E-state index is 0.0612. The second kappa shape index (κ2) is 8.42. The molecule has 1 aromatic carbocycles. The third kappa shape index (κ3) is 3.77. The molecular weight excluding hydrogens is 563 g/mol. The zero-order chi connectivity index (χ0) is 29.1. The SMILES string of the molecule is COc1ccc(C=O)c(O)c1C(F)(F)C(F)(F)C(F)(F)C(F)(F)C(F)(F)C(F)(F)C(F)(F)C(F)(F)F. The molecule has 0 spiro atoms. The molecule has 3 nitrogen and oxygen atoms in total.